The number of hydrogen-bond donors (Lipinski definition) is 0. The highest BCUT2D eigenvalue weighted by Gasteiger charge is 2.26. The molecular weight excluding hydrogens is 352 g/mol. The number of ketones is 1. The molecule has 0 spiro atoms. The van der Waals surface area contributed by atoms with Gasteiger partial charge in [0.05, 0.1) is 17.2 Å². The molecule has 2 aromatic rings. The van der Waals surface area contributed by atoms with Gasteiger partial charge in [-0.1, -0.05) is 0 Å². The number of amides is 1. The second-order valence-electron chi connectivity index (χ2n) is 6.30. The fraction of sp³-hybridized carbons (Fsp3) is 0.250. The van der Waals surface area contributed by atoms with Gasteiger partial charge in [-0.15, -0.1) is 0 Å². The van der Waals surface area contributed by atoms with Gasteiger partial charge in [0, 0.05) is 43.5 Å². The van der Waals surface area contributed by atoms with Crippen molar-refractivity contribution in [1.82, 2.24) is 4.90 Å². The monoisotopic (exact) mass is 369 g/mol. The summed E-state index contributed by atoms with van der Waals surface area (Å²) < 4.78 is 26.9. The summed E-state index contributed by atoms with van der Waals surface area (Å²) in [6.45, 7) is 2.98. The highest BCUT2D eigenvalue weighted by molar-refractivity contribution is 6.00. The molecule has 1 heterocycles. The fourth-order valence-corrected chi connectivity index (χ4v) is 3.14. The lowest BCUT2D eigenvalue weighted by atomic mass is 10.0. The Labute approximate surface area is 155 Å². The van der Waals surface area contributed by atoms with Crippen molar-refractivity contribution in [3.05, 3.63) is 64.7 Å². The van der Waals surface area contributed by atoms with Crippen molar-refractivity contribution in [3.8, 4) is 6.07 Å². The third-order valence-corrected chi connectivity index (χ3v) is 4.58. The Bertz CT molecular complexity index is 945. The first-order valence-corrected chi connectivity index (χ1v) is 8.45. The van der Waals surface area contributed by atoms with Crippen molar-refractivity contribution in [2.24, 2.45) is 0 Å². The summed E-state index contributed by atoms with van der Waals surface area (Å²) in [7, 11) is 0. The first-order valence-electron chi connectivity index (χ1n) is 8.45. The van der Waals surface area contributed by atoms with E-state index in [0.29, 0.717) is 49.1 Å². The highest BCUT2D eigenvalue weighted by Crippen LogP contribution is 2.25. The quantitative estimate of drug-likeness (QED) is 0.781. The van der Waals surface area contributed by atoms with E-state index in [2.05, 4.69) is 6.07 Å². The lowest BCUT2D eigenvalue weighted by Crippen LogP contribution is -2.49. The molecule has 5 nitrogen and oxygen atoms in total. The zero-order chi connectivity index (χ0) is 19.6. The Kier molecular flexibility index (Phi) is 5.17. The maximum absolute atomic E-state index is 13.9. The van der Waals surface area contributed by atoms with Crippen LogP contribution in [0, 0.1) is 23.0 Å². The van der Waals surface area contributed by atoms with Crippen LogP contribution in [0.15, 0.2) is 36.4 Å². The number of carbonyl (C=O) groups is 2. The SMILES string of the molecule is CC(=O)c1ccc(C#N)cc1N1CCN(C(=O)c2ccc(F)cc2F)CC1. The second-order valence-corrected chi connectivity index (χ2v) is 6.30. The lowest BCUT2D eigenvalue weighted by molar-refractivity contribution is 0.0741. The van der Waals surface area contributed by atoms with Crippen molar-refractivity contribution in [1.29, 1.82) is 5.26 Å². The number of Topliss-reactive ketones (excluding diaryl/α,β-unsaturated/α-hetero) is 1. The van der Waals surface area contributed by atoms with Gasteiger partial charge in [-0.05, 0) is 37.3 Å². The van der Waals surface area contributed by atoms with Gasteiger partial charge in [-0.2, -0.15) is 5.26 Å². The van der Waals surface area contributed by atoms with Crippen LogP contribution in [-0.2, 0) is 0 Å². The largest absolute Gasteiger partial charge is 0.367 e. The molecule has 0 saturated carbocycles. The Morgan fingerprint density at radius 2 is 1.67 bits per heavy atom. The smallest absolute Gasteiger partial charge is 0.256 e. The Balaban J connectivity index is 1.77. The highest BCUT2D eigenvalue weighted by atomic mass is 19.1. The summed E-state index contributed by atoms with van der Waals surface area (Å²) >= 11 is 0. The number of anilines is 1. The first-order chi connectivity index (χ1) is 12.9. The van der Waals surface area contributed by atoms with E-state index in [4.69, 9.17) is 5.26 Å². The molecule has 0 atom stereocenters. The second kappa shape index (κ2) is 7.54. The van der Waals surface area contributed by atoms with E-state index in [1.165, 1.54) is 11.8 Å². The van der Waals surface area contributed by atoms with Gasteiger partial charge in [0.15, 0.2) is 5.78 Å². The van der Waals surface area contributed by atoms with E-state index in [1.54, 1.807) is 18.2 Å². The van der Waals surface area contributed by atoms with Crippen LogP contribution in [0.5, 0.6) is 0 Å². The Hall–Kier alpha value is -3.27. The third-order valence-electron chi connectivity index (χ3n) is 4.58. The van der Waals surface area contributed by atoms with Crippen LogP contribution < -0.4 is 4.90 Å². The minimum Gasteiger partial charge on any atom is -0.367 e. The molecule has 27 heavy (non-hydrogen) atoms. The van der Waals surface area contributed by atoms with Crippen molar-refractivity contribution in [2.45, 2.75) is 6.92 Å². The van der Waals surface area contributed by atoms with Crippen LogP contribution in [0.1, 0.15) is 33.2 Å². The van der Waals surface area contributed by atoms with E-state index < -0.39 is 17.5 Å². The van der Waals surface area contributed by atoms with E-state index >= 15 is 0 Å². The lowest BCUT2D eigenvalue weighted by Gasteiger charge is -2.37. The van der Waals surface area contributed by atoms with E-state index in [0.717, 1.165) is 12.1 Å². The maximum Gasteiger partial charge on any atom is 0.256 e. The number of benzene rings is 2. The van der Waals surface area contributed by atoms with E-state index in [9.17, 15) is 18.4 Å². The van der Waals surface area contributed by atoms with Gasteiger partial charge in [-0.3, -0.25) is 9.59 Å². The summed E-state index contributed by atoms with van der Waals surface area (Å²) in [5, 5.41) is 9.11. The van der Waals surface area contributed by atoms with Crippen molar-refractivity contribution >= 4 is 17.4 Å². The zero-order valence-corrected chi connectivity index (χ0v) is 14.7. The molecule has 0 bridgehead atoms. The molecule has 138 valence electrons. The Morgan fingerprint density at radius 1 is 1.00 bits per heavy atom. The van der Waals surface area contributed by atoms with Crippen LogP contribution >= 0.6 is 0 Å². The standard InChI is InChI=1S/C20H17F2N3O2/c1-13(26)16-4-2-14(12-23)10-19(16)24-6-8-25(9-7-24)20(27)17-5-3-15(21)11-18(17)22/h2-5,10-11H,6-9H2,1H3. The molecule has 2 aromatic carbocycles. The molecule has 3 rings (SSSR count). The van der Waals surface area contributed by atoms with Crippen LogP contribution in [0.2, 0.25) is 0 Å². The zero-order valence-electron chi connectivity index (χ0n) is 14.7. The number of hydrogen-bond acceptors (Lipinski definition) is 4. The molecular formula is C20H17F2N3O2. The molecule has 1 saturated heterocycles. The van der Waals surface area contributed by atoms with Gasteiger partial charge in [0.25, 0.3) is 5.91 Å². The minimum absolute atomic E-state index is 0.110. The number of nitriles is 1. The average Bonchev–Trinajstić information content (AvgIpc) is 2.67. The van der Waals surface area contributed by atoms with Gasteiger partial charge in [0.1, 0.15) is 11.6 Å². The predicted octanol–water partition coefficient (Wildman–Crippen LogP) is 3.00. The van der Waals surface area contributed by atoms with E-state index in [1.807, 2.05) is 4.90 Å². The number of piperazine rings is 1. The van der Waals surface area contributed by atoms with Gasteiger partial charge in [-0.25, -0.2) is 8.78 Å². The summed E-state index contributed by atoms with van der Waals surface area (Å²) in [5.74, 6) is -2.22. The molecule has 0 aliphatic carbocycles. The number of rotatable bonds is 3. The Morgan fingerprint density at radius 3 is 2.26 bits per heavy atom. The number of halogens is 2. The normalized spacial score (nSPS) is 14.0. The van der Waals surface area contributed by atoms with Gasteiger partial charge in [0.2, 0.25) is 0 Å². The third kappa shape index (κ3) is 3.80. The summed E-state index contributed by atoms with van der Waals surface area (Å²) in [6.07, 6.45) is 0. The van der Waals surface area contributed by atoms with Gasteiger partial charge < -0.3 is 9.80 Å². The summed E-state index contributed by atoms with van der Waals surface area (Å²) in [5.41, 5.74) is 1.45. The molecule has 0 N–H and O–H groups in total. The molecule has 1 fully saturated rings. The molecule has 0 radical (unpaired) electrons. The van der Waals surface area contributed by atoms with Crippen LogP contribution in [0.4, 0.5) is 14.5 Å². The maximum atomic E-state index is 13.9. The molecule has 0 aromatic heterocycles. The topological polar surface area (TPSA) is 64.4 Å². The van der Waals surface area contributed by atoms with Crippen LogP contribution in [0.25, 0.3) is 0 Å². The van der Waals surface area contributed by atoms with E-state index in [-0.39, 0.29) is 11.3 Å². The molecule has 7 heteroatoms. The van der Waals surface area contributed by atoms with Crippen molar-refractivity contribution in [3.63, 3.8) is 0 Å². The van der Waals surface area contributed by atoms with Crippen molar-refractivity contribution in [2.75, 3.05) is 31.1 Å². The summed E-state index contributed by atoms with van der Waals surface area (Å²) in [4.78, 5) is 27.8. The number of carbonyl (C=O) groups excluding carboxylic acids is 2. The van der Waals surface area contributed by atoms with Gasteiger partial charge >= 0.3 is 0 Å². The fourth-order valence-electron chi connectivity index (χ4n) is 3.14. The molecule has 0 unspecified atom stereocenters. The molecule has 1 aliphatic rings. The minimum atomic E-state index is -0.886. The average molecular weight is 369 g/mol. The predicted molar refractivity (Wildman–Crippen MR) is 95.6 cm³/mol. The molecule has 1 aliphatic heterocycles. The van der Waals surface area contributed by atoms with Crippen LogP contribution in [0.3, 0.4) is 0 Å². The molecule has 1 amide bonds. The number of nitrogens with zero attached hydrogens (tertiary/aromatic N) is 3. The first kappa shape index (κ1) is 18.5. The summed E-state index contributed by atoms with van der Waals surface area (Å²) in [6, 6.07) is 9.83. The van der Waals surface area contributed by atoms with Crippen molar-refractivity contribution < 1.29 is 18.4 Å². The van der Waals surface area contributed by atoms with Crippen LogP contribution in [-0.4, -0.2) is 42.8 Å².